The van der Waals surface area contributed by atoms with E-state index in [1.807, 2.05) is 0 Å². The lowest BCUT2D eigenvalue weighted by atomic mass is 9.87. The van der Waals surface area contributed by atoms with Gasteiger partial charge in [-0.3, -0.25) is 14.3 Å². The third-order valence-electron chi connectivity index (χ3n) is 3.98. The summed E-state index contributed by atoms with van der Waals surface area (Å²) in [7, 11) is 0. The molecule has 0 bridgehead atoms. The smallest absolute Gasteiger partial charge is 0.244 e. The van der Waals surface area contributed by atoms with Gasteiger partial charge in [0.15, 0.2) is 5.78 Å². The maximum atomic E-state index is 12.2. The second-order valence-electron chi connectivity index (χ2n) is 5.29. The summed E-state index contributed by atoms with van der Waals surface area (Å²) in [5.74, 6) is -0.0981. The molecule has 2 aliphatic rings. The van der Waals surface area contributed by atoms with Crippen LogP contribution in [0.25, 0.3) is 0 Å². The van der Waals surface area contributed by atoms with Crippen LogP contribution in [-0.2, 0) is 20.9 Å². The molecule has 2 aliphatic heterocycles. The molecule has 1 amide bonds. The molecule has 0 aliphatic carbocycles. The Morgan fingerprint density at radius 2 is 2.35 bits per heavy atom. The Kier molecular flexibility index (Phi) is 3.52. The van der Waals surface area contributed by atoms with Gasteiger partial charge in [-0.15, -0.1) is 0 Å². The van der Waals surface area contributed by atoms with E-state index in [1.54, 1.807) is 11.1 Å². The van der Waals surface area contributed by atoms with Crippen molar-refractivity contribution in [2.45, 2.75) is 31.4 Å². The Balaban J connectivity index is 1.62. The van der Waals surface area contributed by atoms with E-state index in [1.165, 1.54) is 10.9 Å². The number of Topliss-reactive ketones (excluding diaryl/α,β-unsaturated/α-hetero) is 1. The number of carbonyl (C=O) groups is 2. The molecule has 1 aromatic heterocycles. The fraction of sp³-hybridized carbons (Fsp3) is 0.615. The number of nitrogens with zero attached hydrogens (tertiary/aromatic N) is 3. The maximum Gasteiger partial charge on any atom is 0.244 e. The predicted octanol–water partition coefficient (Wildman–Crippen LogP) is 0.887. The molecule has 6 nitrogen and oxygen atoms in total. The summed E-state index contributed by atoms with van der Waals surface area (Å²) in [4.78, 5) is 26.0. The largest absolute Gasteiger partial charge is 0.367 e. The van der Waals surface area contributed by atoms with Crippen LogP contribution in [0, 0.1) is 0 Å². The fourth-order valence-electron chi connectivity index (χ4n) is 2.84. The van der Waals surface area contributed by atoms with Crippen LogP contribution >= 0.6 is 11.6 Å². The molecule has 20 heavy (non-hydrogen) atoms. The Morgan fingerprint density at radius 3 is 2.95 bits per heavy atom. The molecule has 0 aromatic carbocycles. The van der Waals surface area contributed by atoms with Gasteiger partial charge in [-0.05, 0) is 12.8 Å². The lowest BCUT2D eigenvalue weighted by molar-refractivity contribution is -0.153. The molecular formula is C13H16ClN3O3. The highest BCUT2D eigenvalue weighted by molar-refractivity contribution is 6.30. The van der Waals surface area contributed by atoms with Crippen molar-refractivity contribution in [3.63, 3.8) is 0 Å². The van der Waals surface area contributed by atoms with Gasteiger partial charge in [0.25, 0.3) is 0 Å². The molecule has 0 N–H and O–H groups in total. The second-order valence-corrected chi connectivity index (χ2v) is 5.73. The minimum absolute atomic E-state index is 0.0214. The van der Waals surface area contributed by atoms with Crippen LogP contribution in [0.15, 0.2) is 12.4 Å². The van der Waals surface area contributed by atoms with E-state index < -0.39 is 5.60 Å². The van der Waals surface area contributed by atoms with Crippen LogP contribution in [-0.4, -0.2) is 51.7 Å². The Labute approximate surface area is 121 Å². The number of amides is 1. The number of ketones is 1. The van der Waals surface area contributed by atoms with Gasteiger partial charge in [0.1, 0.15) is 12.1 Å². The standard InChI is InChI=1S/C13H16ClN3O3/c14-10-6-15-17(7-10)9-12(19)16-4-3-13(11(18)8-16)2-1-5-20-13/h6-7H,1-5,8-9H2/t13-/m1/s1. The lowest BCUT2D eigenvalue weighted by Gasteiger charge is -2.37. The number of ether oxygens (including phenoxy) is 1. The van der Waals surface area contributed by atoms with E-state index in [9.17, 15) is 9.59 Å². The van der Waals surface area contributed by atoms with Crippen LogP contribution in [0.5, 0.6) is 0 Å². The Bertz CT molecular complexity index is 537. The van der Waals surface area contributed by atoms with Crippen LogP contribution in [0.1, 0.15) is 19.3 Å². The van der Waals surface area contributed by atoms with Crippen molar-refractivity contribution < 1.29 is 14.3 Å². The van der Waals surface area contributed by atoms with Crippen LogP contribution in [0.2, 0.25) is 5.02 Å². The highest BCUT2D eigenvalue weighted by Gasteiger charge is 2.46. The molecule has 1 aromatic rings. The maximum absolute atomic E-state index is 12.2. The second kappa shape index (κ2) is 5.18. The molecule has 108 valence electrons. The van der Waals surface area contributed by atoms with Gasteiger partial charge in [0.2, 0.25) is 5.91 Å². The number of aromatic nitrogens is 2. The van der Waals surface area contributed by atoms with Gasteiger partial charge < -0.3 is 9.64 Å². The van der Waals surface area contributed by atoms with Gasteiger partial charge in [-0.2, -0.15) is 5.10 Å². The van der Waals surface area contributed by atoms with Gasteiger partial charge >= 0.3 is 0 Å². The Morgan fingerprint density at radius 1 is 1.50 bits per heavy atom. The molecule has 0 radical (unpaired) electrons. The highest BCUT2D eigenvalue weighted by Crippen LogP contribution is 2.33. The number of hydrogen-bond acceptors (Lipinski definition) is 4. The molecular weight excluding hydrogens is 282 g/mol. The third-order valence-corrected chi connectivity index (χ3v) is 4.18. The molecule has 0 unspecified atom stereocenters. The van der Waals surface area contributed by atoms with Gasteiger partial charge in [0.05, 0.1) is 17.8 Å². The van der Waals surface area contributed by atoms with E-state index in [0.29, 0.717) is 24.6 Å². The molecule has 7 heteroatoms. The first kappa shape index (κ1) is 13.6. The molecule has 2 saturated heterocycles. The number of hydrogen-bond donors (Lipinski definition) is 0. The minimum Gasteiger partial charge on any atom is -0.367 e. The molecule has 3 rings (SSSR count). The zero-order valence-corrected chi connectivity index (χ0v) is 11.8. The molecule has 2 fully saturated rings. The average Bonchev–Trinajstić information content (AvgIpc) is 3.03. The third kappa shape index (κ3) is 2.45. The van der Waals surface area contributed by atoms with E-state index in [0.717, 1.165) is 12.8 Å². The first-order valence-corrected chi connectivity index (χ1v) is 7.10. The van der Waals surface area contributed by atoms with Crippen molar-refractivity contribution in [1.82, 2.24) is 14.7 Å². The first-order chi connectivity index (χ1) is 9.59. The molecule has 1 atom stereocenters. The predicted molar refractivity (Wildman–Crippen MR) is 71.4 cm³/mol. The van der Waals surface area contributed by atoms with Crippen LogP contribution < -0.4 is 0 Å². The van der Waals surface area contributed by atoms with Crippen molar-refractivity contribution in [3.8, 4) is 0 Å². The summed E-state index contributed by atoms with van der Waals surface area (Å²) < 4.78 is 7.10. The monoisotopic (exact) mass is 297 g/mol. The summed E-state index contributed by atoms with van der Waals surface area (Å²) in [6, 6.07) is 0. The summed E-state index contributed by atoms with van der Waals surface area (Å²) >= 11 is 5.76. The molecule has 3 heterocycles. The lowest BCUT2D eigenvalue weighted by Crippen LogP contribution is -2.54. The van der Waals surface area contributed by atoms with Crippen LogP contribution in [0.3, 0.4) is 0 Å². The van der Waals surface area contributed by atoms with Crippen molar-refractivity contribution >= 4 is 23.3 Å². The van der Waals surface area contributed by atoms with Crippen molar-refractivity contribution in [2.75, 3.05) is 19.7 Å². The van der Waals surface area contributed by atoms with Crippen molar-refractivity contribution in [2.24, 2.45) is 0 Å². The number of carbonyl (C=O) groups excluding carboxylic acids is 2. The fourth-order valence-corrected chi connectivity index (χ4v) is 3.00. The summed E-state index contributed by atoms with van der Waals surface area (Å²) in [5, 5.41) is 4.46. The van der Waals surface area contributed by atoms with Crippen LogP contribution in [0.4, 0.5) is 0 Å². The topological polar surface area (TPSA) is 64.4 Å². The van der Waals surface area contributed by atoms with Crippen molar-refractivity contribution in [3.05, 3.63) is 17.4 Å². The van der Waals surface area contributed by atoms with E-state index in [2.05, 4.69) is 5.10 Å². The minimum atomic E-state index is -0.619. The van der Waals surface area contributed by atoms with Gasteiger partial charge in [-0.1, -0.05) is 11.6 Å². The average molecular weight is 298 g/mol. The number of rotatable bonds is 2. The summed E-state index contributed by atoms with van der Waals surface area (Å²) in [5.41, 5.74) is -0.619. The highest BCUT2D eigenvalue weighted by atomic mass is 35.5. The molecule has 0 saturated carbocycles. The molecule has 1 spiro atoms. The van der Waals surface area contributed by atoms with E-state index in [4.69, 9.17) is 16.3 Å². The first-order valence-electron chi connectivity index (χ1n) is 6.72. The van der Waals surface area contributed by atoms with E-state index >= 15 is 0 Å². The number of likely N-dealkylation sites (tertiary alicyclic amines) is 1. The van der Waals surface area contributed by atoms with Crippen molar-refractivity contribution in [1.29, 1.82) is 0 Å². The zero-order valence-electron chi connectivity index (χ0n) is 11.0. The SMILES string of the molecule is O=C(Cn1cc(Cl)cn1)N1CC[C@]2(CCCO2)C(=O)C1. The number of halogens is 1. The summed E-state index contributed by atoms with van der Waals surface area (Å²) in [6.45, 7) is 1.44. The normalized spacial score (nSPS) is 26.4. The van der Waals surface area contributed by atoms with E-state index in [-0.39, 0.29) is 24.8 Å². The van der Waals surface area contributed by atoms with Gasteiger partial charge in [0, 0.05) is 25.8 Å². The Hall–Kier alpha value is -1.40. The zero-order chi connectivity index (χ0) is 14.2. The summed E-state index contributed by atoms with van der Waals surface area (Å²) in [6.07, 6.45) is 5.37. The van der Waals surface area contributed by atoms with Gasteiger partial charge in [-0.25, -0.2) is 0 Å². The quantitative estimate of drug-likeness (QED) is 0.813. The number of piperidine rings is 1.